The number of hydrogen-bond acceptors (Lipinski definition) is 3. The quantitative estimate of drug-likeness (QED) is 0.739. The number of nitrogens with zero attached hydrogens (tertiary/aromatic N) is 1. The van der Waals surface area contributed by atoms with Gasteiger partial charge in [0.15, 0.2) is 0 Å². The normalized spacial score (nSPS) is 32.6. The Labute approximate surface area is 116 Å². The monoisotopic (exact) mass is 290 g/mol. The first-order chi connectivity index (χ1) is 9.01. The SMILES string of the molecule is C[C@@H]1N(C(=O)OC(C)(C)C)C[C@]12CCNC(=O)C2(F)F. The van der Waals surface area contributed by atoms with Gasteiger partial charge < -0.3 is 15.0 Å². The number of nitrogens with one attached hydrogen (secondary N) is 1. The maximum Gasteiger partial charge on any atom is 0.410 e. The molecule has 2 atom stereocenters. The van der Waals surface area contributed by atoms with E-state index in [1.165, 1.54) is 4.90 Å². The first-order valence-electron chi connectivity index (χ1n) is 6.67. The molecule has 20 heavy (non-hydrogen) atoms. The van der Waals surface area contributed by atoms with E-state index in [1.54, 1.807) is 27.7 Å². The van der Waals surface area contributed by atoms with E-state index in [-0.39, 0.29) is 19.5 Å². The average Bonchev–Trinajstić information content (AvgIpc) is 2.27. The second-order valence-corrected chi connectivity index (χ2v) is 6.52. The highest BCUT2D eigenvalue weighted by Crippen LogP contribution is 2.53. The van der Waals surface area contributed by atoms with Crippen LogP contribution in [0.3, 0.4) is 0 Å². The molecular formula is C13H20F2N2O3. The van der Waals surface area contributed by atoms with Crippen LogP contribution >= 0.6 is 0 Å². The zero-order valence-corrected chi connectivity index (χ0v) is 12.1. The number of amides is 2. The van der Waals surface area contributed by atoms with Gasteiger partial charge in [-0.25, -0.2) is 4.79 Å². The van der Waals surface area contributed by atoms with E-state index >= 15 is 0 Å². The van der Waals surface area contributed by atoms with Crippen molar-refractivity contribution >= 4 is 12.0 Å². The highest BCUT2D eigenvalue weighted by molar-refractivity contribution is 5.86. The molecule has 2 rings (SSSR count). The van der Waals surface area contributed by atoms with Gasteiger partial charge in [0.25, 0.3) is 5.91 Å². The van der Waals surface area contributed by atoms with Crippen LogP contribution in [-0.2, 0) is 9.53 Å². The number of rotatable bonds is 0. The third-order valence-electron chi connectivity index (χ3n) is 4.11. The maximum absolute atomic E-state index is 14.1. The van der Waals surface area contributed by atoms with Crippen molar-refractivity contribution in [2.45, 2.75) is 51.7 Å². The van der Waals surface area contributed by atoms with Gasteiger partial charge in [-0.05, 0) is 34.1 Å². The lowest BCUT2D eigenvalue weighted by Gasteiger charge is -2.59. The highest BCUT2D eigenvalue weighted by Gasteiger charge is 2.70. The molecule has 2 aliphatic heterocycles. The summed E-state index contributed by atoms with van der Waals surface area (Å²) in [6.07, 6.45) is -0.455. The van der Waals surface area contributed by atoms with Crippen molar-refractivity contribution in [1.82, 2.24) is 10.2 Å². The fourth-order valence-electron chi connectivity index (χ4n) is 2.84. The highest BCUT2D eigenvalue weighted by atomic mass is 19.3. The van der Waals surface area contributed by atoms with Gasteiger partial charge in [-0.15, -0.1) is 0 Å². The summed E-state index contributed by atoms with van der Waals surface area (Å²) in [5.74, 6) is -4.71. The van der Waals surface area contributed by atoms with Crippen LogP contribution in [0.4, 0.5) is 13.6 Å². The van der Waals surface area contributed by atoms with Gasteiger partial charge >= 0.3 is 12.0 Å². The standard InChI is InChI=1S/C13H20F2N2O3/c1-8-12(5-6-16-9(18)13(12,14)15)7-17(8)10(19)20-11(2,3)4/h8H,5-7H2,1-4H3,(H,16,18)/t8-,12+/m0/s1. The molecular weight excluding hydrogens is 270 g/mol. The van der Waals surface area contributed by atoms with E-state index in [4.69, 9.17) is 4.74 Å². The maximum atomic E-state index is 14.1. The minimum Gasteiger partial charge on any atom is -0.444 e. The molecule has 0 aromatic carbocycles. The summed E-state index contributed by atoms with van der Waals surface area (Å²) in [5.41, 5.74) is -2.14. The number of carbonyl (C=O) groups is 2. The Morgan fingerprint density at radius 3 is 2.55 bits per heavy atom. The van der Waals surface area contributed by atoms with Crippen LogP contribution in [0.25, 0.3) is 0 Å². The van der Waals surface area contributed by atoms with Gasteiger partial charge in [0.05, 0.1) is 5.41 Å². The van der Waals surface area contributed by atoms with Crippen LogP contribution in [0, 0.1) is 5.41 Å². The lowest BCUT2D eigenvalue weighted by atomic mass is 9.63. The van der Waals surface area contributed by atoms with Gasteiger partial charge in [-0.2, -0.15) is 8.78 Å². The molecule has 0 aromatic rings. The molecule has 1 N–H and O–H groups in total. The van der Waals surface area contributed by atoms with Crippen LogP contribution in [0.2, 0.25) is 0 Å². The molecule has 0 saturated carbocycles. The third-order valence-corrected chi connectivity index (χ3v) is 4.11. The Balaban J connectivity index is 2.13. The Hall–Kier alpha value is -1.40. The van der Waals surface area contributed by atoms with E-state index in [0.717, 1.165) is 0 Å². The second kappa shape index (κ2) is 4.30. The molecule has 0 radical (unpaired) electrons. The summed E-state index contributed by atoms with van der Waals surface area (Å²) in [6, 6.07) is -0.724. The fraction of sp³-hybridized carbons (Fsp3) is 0.846. The van der Waals surface area contributed by atoms with Crippen molar-refractivity contribution in [2.75, 3.05) is 13.1 Å². The Bertz CT molecular complexity index is 447. The van der Waals surface area contributed by atoms with Crippen LogP contribution in [-0.4, -0.2) is 47.6 Å². The third kappa shape index (κ3) is 2.03. The smallest absolute Gasteiger partial charge is 0.410 e. The first-order valence-corrected chi connectivity index (χ1v) is 6.67. The molecule has 0 unspecified atom stereocenters. The molecule has 2 heterocycles. The number of hydrogen-bond donors (Lipinski definition) is 1. The van der Waals surface area contributed by atoms with E-state index in [0.29, 0.717) is 0 Å². The largest absolute Gasteiger partial charge is 0.444 e. The summed E-state index contributed by atoms with van der Waals surface area (Å²) in [5, 5.41) is 2.17. The topological polar surface area (TPSA) is 58.6 Å². The van der Waals surface area contributed by atoms with Gasteiger partial charge in [0, 0.05) is 19.1 Å². The van der Waals surface area contributed by atoms with Crippen molar-refractivity contribution in [3.05, 3.63) is 0 Å². The zero-order valence-electron chi connectivity index (χ0n) is 12.1. The number of alkyl halides is 2. The summed E-state index contributed by atoms with van der Waals surface area (Å²) in [6.45, 7) is 6.75. The molecule has 7 heteroatoms. The van der Waals surface area contributed by atoms with Crippen LogP contribution in [0.1, 0.15) is 34.1 Å². The van der Waals surface area contributed by atoms with Gasteiger partial charge in [0.2, 0.25) is 0 Å². The minimum absolute atomic E-state index is 0.149. The number of ether oxygens (including phenoxy) is 1. The predicted molar refractivity (Wildman–Crippen MR) is 67.4 cm³/mol. The molecule has 0 aromatic heterocycles. The van der Waals surface area contributed by atoms with E-state index in [9.17, 15) is 18.4 Å². The number of halogens is 2. The first kappa shape index (κ1) is 15.0. The van der Waals surface area contributed by atoms with E-state index in [2.05, 4.69) is 5.32 Å². The van der Waals surface area contributed by atoms with Crippen molar-refractivity contribution in [3.63, 3.8) is 0 Å². The lowest BCUT2D eigenvalue weighted by Crippen LogP contribution is -2.76. The van der Waals surface area contributed by atoms with Crippen LogP contribution in [0.15, 0.2) is 0 Å². The molecule has 2 amide bonds. The second-order valence-electron chi connectivity index (χ2n) is 6.52. The number of carbonyl (C=O) groups excluding carboxylic acids is 2. The molecule has 2 fully saturated rings. The molecule has 0 bridgehead atoms. The lowest BCUT2D eigenvalue weighted by molar-refractivity contribution is -0.224. The van der Waals surface area contributed by atoms with Gasteiger partial charge in [0.1, 0.15) is 5.60 Å². The molecule has 2 saturated heterocycles. The summed E-state index contributed by atoms with van der Waals surface area (Å²) >= 11 is 0. The Morgan fingerprint density at radius 2 is 2.05 bits per heavy atom. The Kier molecular flexibility index (Phi) is 3.22. The Morgan fingerprint density at radius 1 is 1.45 bits per heavy atom. The summed E-state index contributed by atoms with van der Waals surface area (Å²) in [7, 11) is 0. The van der Waals surface area contributed by atoms with Gasteiger partial charge in [-0.3, -0.25) is 4.79 Å². The number of piperidine rings is 1. The van der Waals surface area contributed by atoms with E-state index in [1.807, 2.05) is 0 Å². The van der Waals surface area contributed by atoms with Gasteiger partial charge in [-0.1, -0.05) is 0 Å². The predicted octanol–water partition coefficient (Wildman–Crippen LogP) is 1.77. The van der Waals surface area contributed by atoms with Crippen LogP contribution < -0.4 is 5.32 Å². The van der Waals surface area contributed by atoms with Crippen molar-refractivity contribution in [2.24, 2.45) is 5.41 Å². The van der Waals surface area contributed by atoms with Crippen LogP contribution in [0.5, 0.6) is 0 Å². The zero-order chi connectivity index (χ0) is 15.3. The summed E-state index contributed by atoms with van der Waals surface area (Å²) in [4.78, 5) is 24.6. The van der Waals surface area contributed by atoms with Crippen molar-refractivity contribution in [3.8, 4) is 0 Å². The van der Waals surface area contributed by atoms with E-state index < -0.39 is 35.0 Å². The molecule has 114 valence electrons. The van der Waals surface area contributed by atoms with Crippen molar-refractivity contribution in [1.29, 1.82) is 0 Å². The molecule has 1 spiro atoms. The molecule has 2 aliphatic rings. The van der Waals surface area contributed by atoms with Crippen molar-refractivity contribution < 1.29 is 23.1 Å². The minimum atomic E-state index is -3.46. The molecule has 5 nitrogen and oxygen atoms in total. The summed E-state index contributed by atoms with van der Waals surface area (Å²) < 4.78 is 33.4. The molecule has 0 aliphatic carbocycles. The average molecular weight is 290 g/mol. The number of likely N-dealkylation sites (tertiary alicyclic amines) is 1. The fourth-order valence-corrected chi connectivity index (χ4v) is 2.84.